The van der Waals surface area contributed by atoms with Gasteiger partial charge in [-0.3, -0.25) is 24.0 Å². The summed E-state index contributed by atoms with van der Waals surface area (Å²) in [5, 5.41) is 50.4. The molecule has 0 radical (unpaired) electrons. The molecule has 38 heavy (non-hydrogen) atoms. The van der Waals surface area contributed by atoms with E-state index >= 15 is 0 Å². The van der Waals surface area contributed by atoms with E-state index in [4.69, 9.17) is 37.0 Å². The average molecular weight is 644 g/mol. The molecular formula is C18H37N5O10S5. The van der Waals surface area contributed by atoms with Crippen LogP contribution >= 0.6 is 55.8 Å². The summed E-state index contributed by atoms with van der Waals surface area (Å²) in [6.45, 7) is 0. The number of likely N-dealkylation sites (N-methyl/N-ethyl adjacent to an activating group) is 3. The van der Waals surface area contributed by atoms with Gasteiger partial charge in [-0.25, -0.2) is 0 Å². The Morgan fingerprint density at radius 3 is 1.00 bits per heavy atom. The first kappa shape index (κ1) is 41.4. The predicted octanol–water partition coefficient (Wildman–Crippen LogP) is -1.51. The Hall–Kier alpha value is -1.10. The van der Waals surface area contributed by atoms with Gasteiger partial charge in [-0.15, -0.1) is 0 Å². The third-order valence-electron chi connectivity index (χ3n) is 3.89. The van der Waals surface area contributed by atoms with Gasteiger partial charge in [0.15, 0.2) is 0 Å². The van der Waals surface area contributed by atoms with Crippen LogP contribution in [-0.2, 0) is 24.0 Å². The maximum absolute atomic E-state index is 10.6. The summed E-state index contributed by atoms with van der Waals surface area (Å²) in [6.07, 6.45) is 0. The Morgan fingerprint density at radius 2 is 0.842 bits per heavy atom. The van der Waals surface area contributed by atoms with Gasteiger partial charge >= 0.3 is 29.8 Å². The first-order valence-electron chi connectivity index (χ1n) is 10.5. The number of hydrogen-bond donors (Lipinski definition) is 11. The normalized spacial score (nSPS) is 14.3. The van der Waals surface area contributed by atoms with E-state index in [1.807, 2.05) is 0 Å². The first-order valence-corrected chi connectivity index (χ1v) is 16.1. The molecule has 0 amide bonds. The Morgan fingerprint density at radius 1 is 0.579 bits per heavy atom. The minimum absolute atomic E-state index is 0.229. The number of nitrogens with two attached hydrogens (primary N) is 2. The summed E-state index contributed by atoms with van der Waals surface area (Å²) >= 11 is 3.79. The number of carboxylic acid groups (broad SMARTS) is 5. The van der Waals surface area contributed by atoms with Crippen molar-refractivity contribution in [2.45, 2.75) is 30.2 Å². The molecule has 5 atom stereocenters. The molecule has 0 aliphatic carbocycles. The fourth-order valence-corrected chi connectivity index (χ4v) is 6.51. The number of thiol groups is 1. The van der Waals surface area contributed by atoms with Crippen molar-refractivity contribution in [3.8, 4) is 0 Å². The second-order valence-corrected chi connectivity index (χ2v) is 12.2. The molecule has 0 aliphatic heterocycles. The molecule has 0 aliphatic rings. The Bertz CT molecular complexity index is 663. The molecule has 0 aromatic heterocycles. The molecule has 12 N–H and O–H groups in total. The smallest absolute Gasteiger partial charge is 0.321 e. The number of hydrogen-bond acceptors (Lipinski definition) is 15. The highest BCUT2D eigenvalue weighted by molar-refractivity contribution is 8.77. The maximum Gasteiger partial charge on any atom is 0.321 e. The molecule has 5 unspecified atom stereocenters. The number of aliphatic carboxylic acids is 5. The minimum Gasteiger partial charge on any atom is -0.480 e. The zero-order chi connectivity index (χ0) is 30.3. The standard InChI is InChI=1S/C8H16N2O4S2.C6H12N2O4S2.C4H9NO2S/c1-9-5(7(11)12)3-15-16-4-6(10-2)8(13)14;7-3(5(9)10)1-13-14-2-4(8)6(11)12;1-5-3(2-8)4(6)7/h5-6,9-10H,3-4H2,1-2H3,(H,11,12)(H,13,14);3-4H,1-2,7-8H2,(H,9,10)(H,11,12);3,5,8H,2H2,1H3,(H,6,7). The van der Waals surface area contributed by atoms with Gasteiger partial charge < -0.3 is 53.0 Å². The van der Waals surface area contributed by atoms with Crippen molar-refractivity contribution in [1.82, 2.24) is 16.0 Å². The summed E-state index contributed by atoms with van der Waals surface area (Å²) < 4.78 is 0. The van der Waals surface area contributed by atoms with E-state index in [9.17, 15) is 24.0 Å². The van der Waals surface area contributed by atoms with Crippen LogP contribution in [0.2, 0.25) is 0 Å². The number of carboxylic acids is 5. The molecule has 0 aromatic rings. The lowest BCUT2D eigenvalue weighted by atomic mass is 10.3. The summed E-state index contributed by atoms with van der Waals surface area (Å²) in [5.41, 5.74) is 10.4. The third-order valence-corrected chi connectivity index (χ3v) is 9.15. The molecule has 15 nitrogen and oxygen atoms in total. The number of nitrogens with one attached hydrogen (secondary N) is 3. The average Bonchev–Trinajstić information content (AvgIpc) is 2.84. The Balaban J connectivity index is -0.000000510. The van der Waals surface area contributed by atoms with Gasteiger partial charge in [0, 0.05) is 28.8 Å². The van der Waals surface area contributed by atoms with E-state index in [1.54, 1.807) is 21.1 Å². The van der Waals surface area contributed by atoms with Crippen molar-refractivity contribution in [3.05, 3.63) is 0 Å². The molecule has 0 saturated heterocycles. The highest BCUT2D eigenvalue weighted by atomic mass is 33.1. The lowest BCUT2D eigenvalue weighted by molar-refractivity contribution is -0.139. The van der Waals surface area contributed by atoms with Crippen LogP contribution < -0.4 is 27.4 Å². The van der Waals surface area contributed by atoms with Gasteiger partial charge in [0.1, 0.15) is 30.2 Å². The fourth-order valence-electron chi connectivity index (χ4n) is 1.47. The summed E-state index contributed by atoms with van der Waals surface area (Å²) in [5.74, 6) is -3.23. The van der Waals surface area contributed by atoms with Crippen LogP contribution in [0.25, 0.3) is 0 Å². The van der Waals surface area contributed by atoms with Crippen LogP contribution in [0.3, 0.4) is 0 Å². The predicted molar refractivity (Wildman–Crippen MR) is 156 cm³/mol. The number of rotatable bonds is 19. The van der Waals surface area contributed by atoms with Gasteiger partial charge in [-0.1, -0.05) is 43.2 Å². The molecule has 0 aromatic carbocycles. The van der Waals surface area contributed by atoms with E-state index < -0.39 is 60.1 Å². The Labute approximate surface area is 242 Å². The van der Waals surface area contributed by atoms with Gasteiger partial charge in [-0.2, -0.15) is 12.6 Å². The summed E-state index contributed by atoms with van der Waals surface area (Å²) in [7, 11) is 9.85. The monoisotopic (exact) mass is 643 g/mol. The molecule has 0 spiro atoms. The van der Waals surface area contributed by atoms with Gasteiger partial charge in [0.2, 0.25) is 0 Å². The van der Waals surface area contributed by atoms with Gasteiger partial charge in [0.05, 0.1) is 0 Å². The van der Waals surface area contributed by atoms with Crippen LogP contribution in [0, 0.1) is 0 Å². The molecular weight excluding hydrogens is 607 g/mol. The Kier molecular flexibility index (Phi) is 28.5. The summed E-state index contributed by atoms with van der Waals surface area (Å²) in [4.78, 5) is 51.9. The molecule has 0 heterocycles. The lowest BCUT2D eigenvalue weighted by Gasteiger charge is -2.12. The van der Waals surface area contributed by atoms with E-state index in [0.717, 1.165) is 0 Å². The van der Waals surface area contributed by atoms with Crippen molar-refractivity contribution in [2.75, 3.05) is 49.9 Å². The van der Waals surface area contributed by atoms with Crippen LogP contribution in [0.5, 0.6) is 0 Å². The van der Waals surface area contributed by atoms with Crippen LogP contribution in [0.15, 0.2) is 0 Å². The molecule has 20 heteroatoms. The van der Waals surface area contributed by atoms with Gasteiger partial charge in [-0.05, 0) is 21.1 Å². The van der Waals surface area contributed by atoms with Crippen molar-refractivity contribution >= 4 is 85.7 Å². The molecule has 0 rings (SSSR count). The number of carbonyl (C=O) groups is 5. The topological polar surface area (TPSA) is 275 Å². The minimum atomic E-state index is -1.07. The SMILES string of the molecule is CNC(CS)C(=O)O.CNC(CSSCC(NC)C(=O)O)C(=O)O.NC(CSSCC(N)C(=O)O)C(=O)O. The van der Waals surface area contributed by atoms with Crippen LogP contribution in [0.1, 0.15) is 0 Å². The highest BCUT2D eigenvalue weighted by Gasteiger charge is 2.18. The summed E-state index contributed by atoms with van der Waals surface area (Å²) in [6, 6.07) is -3.56. The van der Waals surface area contributed by atoms with Crippen molar-refractivity contribution in [1.29, 1.82) is 0 Å². The zero-order valence-corrected chi connectivity index (χ0v) is 25.1. The molecule has 0 saturated carbocycles. The molecule has 0 fully saturated rings. The highest BCUT2D eigenvalue weighted by Crippen LogP contribution is 2.23. The van der Waals surface area contributed by atoms with E-state index in [-0.39, 0.29) is 11.5 Å². The maximum atomic E-state index is 10.6. The van der Waals surface area contributed by atoms with Crippen molar-refractivity contribution < 1.29 is 49.5 Å². The van der Waals surface area contributed by atoms with Gasteiger partial charge in [0.25, 0.3) is 0 Å². The van der Waals surface area contributed by atoms with Crippen molar-refractivity contribution in [3.63, 3.8) is 0 Å². The van der Waals surface area contributed by atoms with E-state index in [2.05, 4.69) is 28.6 Å². The third kappa shape index (κ3) is 24.0. The zero-order valence-electron chi connectivity index (χ0n) is 20.9. The second kappa shape index (κ2) is 26.1. The second-order valence-electron chi connectivity index (χ2n) is 6.75. The molecule has 224 valence electrons. The van der Waals surface area contributed by atoms with Crippen molar-refractivity contribution in [2.24, 2.45) is 11.5 Å². The van der Waals surface area contributed by atoms with E-state index in [0.29, 0.717) is 17.3 Å². The fraction of sp³-hybridized carbons (Fsp3) is 0.722. The largest absolute Gasteiger partial charge is 0.480 e. The molecule has 0 bridgehead atoms. The van der Waals surface area contributed by atoms with Crippen LogP contribution in [0.4, 0.5) is 0 Å². The first-order chi connectivity index (χ1) is 17.7. The quantitative estimate of drug-likeness (QED) is 0.0433. The lowest BCUT2D eigenvalue weighted by Crippen LogP contribution is -2.37. The van der Waals surface area contributed by atoms with E-state index in [1.165, 1.54) is 43.2 Å². The van der Waals surface area contributed by atoms with Crippen LogP contribution in [-0.4, -0.2) is 135 Å².